The van der Waals surface area contributed by atoms with E-state index in [4.69, 9.17) is 9.84 Å². The van der Waals surface area contributed by atoms with Crippen LogP contribution in [0, 0.1) is 5.92 Å². The zero-order valence-corrected chi connectivity index (χ0v) is 10.6. The number of nitrogens with one attached hydrogen (secondary N) is 1. The van der Waals surface area contributed by atoms with Crippen LogP contribution in [0.2, 0.25) is 0 Å². The van der Waals surface area contributed by atoms with Crippen LogP contribution in [-0.4, -0.2) is 35.9 Å². The molecule has 1 rings (SSSR count). The van der Waals surface area contributed by atoms with Crippen LogP contribution in [0.3, 0.4) is 0 Å². The number of methoxy groups -OCH3 is 1. The second-order valence-corrected chi connectivity index (χ2v) is 5.39. The van der Waals surface area contributed by atoms with Gasteiger partial charge in [0, 0.05) is 13.2 Å². The molecule has 2 unspecified atom stereocenters. The third-order valence-electron chi connectivity index (χ3n) is 3.17. The second kappa shape index (κ2) is 5.15. The van der Waals surface area contributed by atoms with Gasteiger partial charge in [-0.3, -0.25) is 4.79 Å². The molecule has 0 bridgehead atoms. The predicted octanol–water partition coefficient (Wildman–Crippen LogP) is 1.64. The molecule has 0 spiro atoms. The summed E-state index contributed by atoms with van der Waals surface area (Å²) in [7, 11) is 1.68. The van der Waals surface area contributed by atoms with Crippen molar-refractivity contribution in [1.82, 2.24) is 5.32 Å². The molecule has 0 aromatic carbocycles. The fourth-order valence-electron chi connectivity index (χ4n) is 2.02. The van der Waals surface area contributed by atoms with Gasteiger partial charge >= 0.3 is 5.97 Å². The number of hydrogen-bond donors (Lipinski definition) is 2. The Bertz CT molecular complexity index is 249. The molecule has 0 saturated heterocycles. The van der Waals surface area contributed by atoms with E-state index in [1.165, 1.54) is 0 Å². The maximum Gasteiger partial charge on any atom is 0.320 e. The first kappa shape index (κ1) is 13.5. The van der Waals surface area contributed by atoms with Gasteiger partial charge in [-0.15, -0.1) is 0 Å². The van der Waals surface area contributed by atoms with Gasteiger partial charge in [0.15, 0.2) is 0 Å². The van der Waals surface area contributed by atoms with E-state index in [9.17, 15) is 4.79 Å². The highest BCUT2D eigenvalue weighted by Crippen LogP contribution is 2.33. The molecule has 1 aliphatic carbocycles. The van der Waals surface area contributed by atoms with E-state index in [0.29, 0.717) is 5.92 Å². The highest BCUT2D eigenvalue weighted by atomic mass is 16.5. The zero-order valence-electron chi connectivity index (χ0n) is 10.6. The number of hydrogen-bond acceptors (Lipinski definition) is 3. The minimum Gasteiger partial charge on any atom is -0.480 e. The molecular weight excluding hydrogens is 206 g/mol. The third kappa shape index (κ3) is 4.10. The number of carboxylic acid groups (broad SMARTS) is 1. The van der Waals surface area contributed by atoms with Gasteiger partial charge < -0.3 is 15.2 Å². The topological polar surface area (TPSA) is 58.6 Å². The summed E-state index contributed by atoms with van der Waals surface area (Å²) in [6, 6.07) is -0.237. The van der Waals surface area contributed by atoms with Crippen molar-refractivity contribution in [3.8, 4) is 0 Å². The fraction of sp³-hybridized carbons (Fsp3) is 0.917. The first-order valence-corrected chi connectivity index (χ1v) is 5.90. The zero-order chi connectivity index (χ0) is 12.3. The lowest BCUT2D eigenvalue weighted by Gasteiger charge is -2.29. The van der Waals surface area contributed by atoms with Crippen molar-refractivity contribution in [3.63, 3.8) is 0 Å². The standard InChI is InChI=1S/C12H23NO3/c1-8(7-12(2,3)16-4)13-10(11(14)15)9-5-6-9/h8-10,13H,5-7H2,1-4H3,(H,14,15). The van der Waals surface area contributed by atoms with Crippen molar-refractivity contribution >= 4 is 5.97 Å². The van der Waals surface area contributed by atoms with Gasteiger partial charge in [0.25, 0.3) is 0 Å². The Hall–Kier alpha value is -0.610. The minimum absolute atomic E-state index is 0.150. The van der Waals surface area contributed by atoms with Crippen LogP contribution in [0.15, 0.2) is 0 Å². The molecule has 94 valence electrons. The summed E-state index contributed by atoms with van der Waals surface area (Å²) in [6.07, 6.45) is 2.87. The average Bonchev–Trinajstić information content (AvgIpc) is 2.96. The fourth-order valence-corrected chi connectivity index (χ4v) is 2.02. The Morgan fingerprint density at radius 1 is 1.56 bits per heavy atom. The summed E-state index contributed by atoms with van der Waals surface area (Å²) in [4.78, 5) is 11.1. The predicted molar refractivity (Wildman–Crippen MR) is 62.5 cm³/mol. The summed E-state index contributed by atoms with van der Waals surface area (Å²) in [5, 5.41) is 12.3. The molecule has 0 aromatic heterocycles. The van der Waals surface area contributed by atoms with E-state index in [0.717, 1.165) is 19.3 Å². The number of carbonyl (C=O) groups is 1. The lowest BCUT2D eigenvalue weighted by molar-refractivity contribution is -0.140. The molecule has 4 nitrogen and oxygen atoms in total. The van der Waals surface area contributed by atoms with Gasteiger partial charge in [-0.1, -0.05) is 0 Å². The minimum atomic E-state index is -0.732. The molecule has 4 heteroatoms. The van der Waals surface area contributed by atoms with E-state index >= 15 is 0 Å². The molecule has 0 heterocycles. The highest BCUT2D eigenvalue weighted by molar-refractivity contribution is 5.74. The molecule has 0 radical (unpaired) electrons. The van der Waals surface area contributed by atoms with Crippen molar-refractivity contribution in [1.29, 1.82) is 0 Å². The lowest BCUT2D eigenvalue weighted by Crippen LogP contribution is -2.46. The van der Waals surface area contributed by atoms with Crippen molar-refractivity contribution in [2.45, 2.75) is 57.7 Å². The van der Waals surface area contributed by atoms with Gasteiger partial charge in [-0.05, 0) is 46.0 Å². The highest BCUT2D eigenvalue weighted by Gasteiger charge is 2.37. The maximum absolute atomic E-state index is 11.1. The van der Waals surface area contributed by atoms with Crippen LogP contribution in [0.1, 0.15) is 40.0 Å². The molecule has 1 fully saturated rings. The molecular formula is C12H23NO3. The number of rotatable bonds is 7. The Balaban J connectivity index is 2.42. The summed E-state index contributed by atoms with van der Waals surface area (Å²) in [6.45, 7) is 6.04. The summed E-state index contributed by atoms with van der Waals surface area (Å²) < 4.78 is 5.34. The van der Waals surface area contributed by atoms with E-state index in [1.54, 1.807) is 7.11 Å². The summed E-state index contributed by atoms with van der Waals surface area (Å²) >= 11 is 0. The van der Waals surface area contributed by atoms with E-state index in [1.807, 2.05) is 20.8 Å². The van der Waals surface area contributed by atoms with Crippen molar-refractivity contribution in [2.75, 3.05) is 7.11 Å². The smallest absolute Gasteiger partial charge is 0.320 e. The lowest BCUT2D eigenvalue weighted by atomic mass is 9.99. The Morgan fingerprint density at radius 2 is 2.12 bits per heavy atom. The molecule has 1 aliphatic rings. The van der Waals surface area contributed by atoms with Gasteiger partial charge in [-0.2, -0.15) is 0 Å². The van der Waals surface area contributed by atoms with Crippen molar-refractivity contribution < 1.29 is 14.6 Å². The van der Waals surface area contributed by atoms with Gasteiger partial charge in [0.2, 0.25) is 0 Å². The molecule has 2 atom stereocenters. The summed E-state index contributed by atoms with van der Waals surface area (Å²) in [5.74, 6) is -0.407. The van der Waals surface area contributed by atoms with E-state index < -0.39 is 5.97 Å². The molecule has 0 aromatic rings. The monoisotopic (exact) mass is 229 g/mol. The van der Waals surface area contributed by atoms with Crippen molar-refractivity contribution in [3.05, 3.63) is 0 Å². The van der Waals surface area contributed by atoms with E-state index in [-0.39, 0.29) is 17.7 Å². The Labute approximate surface area is 97.4 Å². The molecule has 1 saturated carbocycles. The number of carboxylic acids is 1. The Morgan fingerprint density at radius 3 is 2.50 bits per heavy atom. The van der Waals surface area contributed by atoms with Crippen molar-refractivity contribution in [2.24, 2.45) is 5.92 Å². The van der Waals surface area contributed by atoms with Gasteiger partial charge in [0.05, 0.1) is 5.60 Å². The quantitative estimate of drug-likeness (QED) is 0.697. The van der Waals surface area contributed by atoms with Crippen LogP contribution in [-0.2, 0) is 9.53 Å². The molecule has 16 heavy (non-hydrogen) atoms. The SMILES string of the molecule is COC(C)(C)CC(C)NC(C(=O)O)C1CC1. The van der Waals surface area contributed by atoms with Crippen LogP contribution in [0.4, 0.5) is 0 Å². The van der Waals surface area contributed by atoms with Crippen LogP contribution < -0.4 is 5.32 Å². The van der Waals surface area contributed by atoms with E-state index in [2.05, 4.69) is 5.32 Å². The van der Waals surface area contributed by atoms with Gasteiger partial charge in [0.1, 0.15) is 6.04 Å². The summed E-state index contributed by atoms with van der Waals surface area (Å²) in [5.41, 5.74) is -0.209. The molecule has 0 amide bonds. The number of ether oxygens (including phenoxy) is 1. The number of aliphatic carboxylic acids is 1. The second-order valence-electron chi connectivity index (χ2n) is 5.39. The van der Waals surface area contributed by atoms with Crippen LogP contribution in [0.25, 0.3) is 0 Å². The average molecular weight is 229 g/mol. The van der Waals surface area contributed by atoms with Gasteiger partial charge in [-0.25, -0.2) is 0 Å². The largest absolute Gasteiger partial charge is 0.480 e. The molecule has 0 aliphatic heterocycles. The third-order valence-corrected chi connectivity index (χ3v) is 3.17. The van der Waals surface area contributed by atoms with Crippen LogP contribution in [0.5, 0.6) is 0 Å². The Kier molecular flexibility index (Phi) is 4.33. The van der Waals surface area contributed by atoms with Crippen LogP contribution >= 0.6 is 0 Å². The maximum atomic E-state index is 11.1. The molecule has 2 N–H and O–H groups in total. The first-order valence-electron chi connectivity index (χ1n) is 5.90. The first-order chi connectivity index (χ1) is 7.35. The normalized spacial score (nSPS) is 20.5.